The molecule has 1 N–H and O–H groups in total. The molecule has 2 saturated heterocycles. The zero-order valence-electron chi connectivity index (χ0n) is 22.7. The molecule has 1 aromatic heterocycles. The van der Waals surface area contributed by atoms with Gasteiger partial charge in [-0.25, -0.2) is 9.97 Å². The summed E-state index contributed by atoms with van der Waals surface area (Å²) in [6.45, 7) is 8.70. The highest BCUT2D eigenvalue weighted by molar-refractivity contribution is 5.90. The molecule has 202 valence electrons. The molecule has 3 fully saturated rings. The quantitative estimate of drug-likeness (QED) is 0.414. The largest absolute Gasteiger partial charge is 0.496 e. The number of hydrogen-bond acceptors (Lipinski definition) is 7. The standard InChI is InChI=1S/C31H41N5O2/c1-37-29-8-3-2-7-26(29)24-11-14-36(15-12-24)31-27-21-23(22-32-13-16-35-17-19-38-20-18-35)9-10-28(27)33-30(34-31)25-5-4-6-25/h2-3,7-10,21,24-25,32H,4-6,11-20,22H2,1H3. The molecule has 1 aliphatic carbocycles. The Morgan fingerprint density at radius 3 is 2.53 bits per heavy atom. The smallest absolute Gasteiger partial charge is 0.140 e. The second kappa shape index (κ2) is 12.0. The van der Waals surface area contributed by atoms with Crippen molar-refractivity contribution in [2.24, 2.45) is 0 Å². The predicted octanol–water partition coefficient (Wildman–Crippen LogP) is 4.71. The van der Waals surface area contributed by atoms with E-state index in [1.165, 1.54) is 35.8 Å². The van der Waals surface area contributed by atoms with Crippen LogP contribution in [0, 0.1) is 0 Å². The minimum Gasteiger partial charge on any atom is -0.496 e. The second-order valence-corrected chi connectivity index (χ2v) is 11.0. The summed E-state index contributed by atoms with van der Waals surface area (Å²) in [6.07, 6.45) is 5.93. The molecule has 0 spiro atoms. The Labute approximate surface area is 226 Å². The van der Waals surface area contributed by atoms with Crippen molar-refractivity contribution in [1.29, 1.82) is 0 Å². The first-order chi connectivity index (χ1) is 18.8. The number of para-hydroxylation sites is 1. The van der Waals surface area contributed by atoms with E-state index in [1.807, 2.05) is 0 Å². The van der Waals surface area contributed by atoms with Gasteiger partial charge < -0.3 is 19.7 Å². The van der Waals surface area contributed by atoms with Gasteiger partial charge in [-0.2, -0.15) is 0 Å². The van der Waals surface area contributed by atoms with Crippen molar-refractivity contribution in [1.82, 2.24) is 20.2 Å². The van der Waals surface area contributed by atoms with Gasteiger partial charge in [-0.1, -0.05) is 30.7 Å². The SMILES string of the molecule is COc1ccccc1C1CCN(c2nc(C3CCC3)nc3ccc(CNCCN4CCOCC4)cc23)CC1. The zero-order chi connectivity index (χ0) is 25.7. The van der Waals surface area contributed by atoms with Crippen LogP contribution in [0.3, 0.4) is 0 Å². The molecule has 3 aliphatic rings. The topological polar surface area (TPSA) is 62.8 Å². The van der Waals surface area contributed by atoms with Crippen LogP contribution in [0.4, 0.5) is 5.82 Å². The summed E-state index contributed by atoms with van der Waals surface area (Å²) in [5.74, 6) is 4.22. The first-order valence-electron chi connectivity index (χ1n) is 14.5. The molecule has 0 bridgehead atoms. The fraction of sp³-hybridized carbons (Fsp3) is 0.548. The number of anilines is 1. The number of morpholine rings is 1. The van der Waals surface area contributed by atoms with Crippen LogP contribution in [-0.4, -0.2) is 74.5 Å². The van der Waals surface area contributed by atoms with Gasteiger partial charge in [0.15, 0.2) is 0 Å². The highest BCUT2D eigenvalue weighted by Crippen LogP contribution is 2.39. The molecule has 3 heterocycles. The van der Waals surface area contributed by atoms with Crippen LogP contribution < -0.4 is 15.0 Å². The number of benzene rings is 2. The Kier molecular flexibility index (Phi) is 8.05. The minimum atomic E-state index is 0.519. The van der Waals surface area contributed by atoms with Crippen LogP contribution in [0.5, 0.6) is 5.75 Å². The molecular formula is C31H41N5O2. The molecule has 7 nitrogen and oxygen atoms in total. The number of nitrogens with one attached hydrogen (secondary N) is 1. The lowest BCUT2D eigenvalue weighted by Crippen LogP contribution is -2.40. The van der Waals surface area contributed by atoms with E-state index in [1.54, 1.807) is 7.11 Å². The summed E-state index contributed by atoms with van der Waals surface area (Å²) in [5, 5.41) is 4.84. The normalized spacial score (nSPS) is 19.6. The fourth-order valence-electron chi connectivity index (χ4n) is 6.08. The van der Waals surface area contributed by atoms with E-state index in [0.717, 1.165) is 94.8 Å². The van der Waals surface area contributed by atoms with Crippen molar-refractivity contribution in [2.45, 2.75) is 50.5 Å². The van der Waals surface area contributed by atoms with Crippen LogP contribution in [0.15, 0.2) is 42.5 Å². The van der Waals surface area contributed by atoms with Crippen molar-refractivity contribution in [3.63, 3.8) is 0 Å². The molecule has 7 heteroatoms. The Hall–Kier alpha value is -2.74. The van der Waals surface area contributed by atoms with E-state index in [0.29, 0.717) is 11.8 Å². The van der Waals surface area contributed by atoms with Crippen LogP contribution in [-0.2, 0) is 11.3 Å². The van der Waals surface area contributed by atoms with Crippen molar-refractivity contribution in [2.75, 3.05) is 64.5 Å². The van der Waals surface area contributed by atoms with Gasteiger partial charge in [0.1, 0.15) is 17.4 Å². The van der Waals surface area contributed by atoms with E-state index >= 15 is 0 Å². The van der Waals surface area contributed by atoms with Crippen molar-refractivity contribution in [3.8, 4) is 5.75 Å². The highest BCUT2D eigenvalue weighted by Gasteiger charge is 2.28. The number of rotatable bonds is 9. The van der Waals surface area contributed by atoms with E-state index in [4.69, 9.17) is 19.4 Å². The first-order valence-corrected chi connectivity index (χ1v) is 14.5. The third-order valence-electron chi connectivity index (χ3n) is 8.64. The first kappa shape index (κ1) is 25.5. The Morgan fingerprint density at radius 1 is 0.947 bits per heavy atom. The third kappa shape index (κ3) is 5.65. The fourth-order valence-corrected chi connectivity index (χ4v) is 6.08. The molecule has 0 radical (unpaired) electrons. The van der Waals surface area contributed by atoms with E-state index in [2.05, 4.69) is 57.6 Å². The van der Waals surface area contributed by atoms with Crippen molar-refractivity contribution >= 4 is 16.7 Å². The number of methoxy groups -OCH3 is 1. The summed E-state index contributed by atoms with van der Waals surface area (Å²) in [7, 11) is 1.78. The highest BCUT2D eigenvalue weighted by atomic mass is 16.5. The van der Waals surface area contributed by atoms with Gasteiger partial charge in [-0.15, -0.1) is 0 Å². The number of hydrogen-bond donors (Lipinski definition) is 1. The van der Waals surface area contributed by atoms with Gasteiger partial charge in [-0.3, -0.25) is 4.90 Å². The molecule has 6 rings (SSSR count). The van der Waals surface area contributed by atoms with Crippen LogP contribution in [0.2, 0.25) is 0 Å². The average molecular weight is 516 g/mol. The zero-order valence-corrected chi connectivity index (χ0v) is 22.7. The van der Waals surface area contributed by atoms with Crippen LogP contribution in [0.1, 0.15) is 60.9 Å². The molecular weight excluding hydrogens is 474 g/mol. The summed E-state index contributed by atoms with van der Waals surface area (Å²) >= 11 is 0. The maximum absolute atomic E-state index is 5.67. The number of piperidine rings is 1. The van der Waals surface area contributed by atoms with Gasteiger partial charge in [-0.05, 0) is 60.9 Å². The third-order valence-corrected chi connectivity index (χ3v) is 8.64. The lowest BCUT2D eigenvalue weighted by Gasteiger charge is -2.35. The Balaban J connectivity index is 1.18. The van der Waals surface area contributed by atoms with Crippen LogP contribution in [0.25, 0.3) is 10.9 Å². The lowest BCUT2D eigenvalue weighted by molar-refractivity contribution is 0.0384. The summed E-state index contributed by atoms with van der Waals surface area (Å²) in [4.78, 5) is 15.3. The predicted molar refractivity (Wildman–Crippen MR) is 152 cm³/mol. The number of aromatic nitrogens is 2. The van der Waals surface area contributed by atoms with Crippen molar-refractivity contribution < 1.29 is 9.47 Å². The molecule has 2 aliphatic heterocycles. The van der Waals surface area contributed by atoms with Gasteiger partial charge in [0.25, 0.3) is 0 Å². The maximum Gasteiger partial charge on any atom is 0.140 e. The maximum atomic E-state index is 5.67. The molecule has 0 amide bonds. The van der Waals surface area contributed by atoms with E-state index in [9.17, 15) is 0 Å². The van der Waals surface area contributed by atoms with Gasteiger partial charge in [0.05, 0.1) is 25.8 Å². The van der Waals surface area contributed by atoms with Gasteiger partial charge in [0, 0.05) is 57.1 Å². The minimum absolute atomic E-state index is 0.519. The Morgan fingerprint density at radius 2 is 1.76 bits per heavy atom. The lowest BCUT2D eigenvalue weighted by atomic mass is 9.84. The Bertz CT molecular complexity index is 1220. The summed E-state index contributed by atoms with van der Waals surface area (Å²) in [5.41, 5.74) is 3.72. The van der Waals surface area contributed by atoms with Gasteiger partial charge in [0.2, 0.25) is 0 Å². The number of nitrogens with zero attached hydrogens (tertiary/aromatic N) is 4. The number of ether oxygens (including phenoxy) is 2. The average Bonchev–Trinajstić information content (AvgIpc) is 2.95. The van der Waals surface area contributed by atoms with E-state index in [-0.39, 0.29) is 0 Å². The summed E-state index contributed by atoms with van der Waals surface area (Å²) in [6, 6.07) is 15.3. The number of fused-ring (bicyclic) bond motifs is 1. The summed E-state index contributed by atoms with van der Waals surface area (Å²) < 4.78 is 11.1. The molecule has 2 aromatic carbocycles. The molecule has 0 atom stereocenters. The molecule has 0 unspecified atom stereocenters. The second-order valence-electron chi connectivity index (χ2n) is 11.0. The van der Waals surface area contributed by atoms with Crippen molar-refractivity contribution in [3.05, 3.63) is 59.4 Å². The molecule has 1 saturated carbocycles. The van der Waals surface area contributed by atoms with Gasteiger partial charge >= 0.3 is 0 Å². The molecule has 3 aromatic rings. The van der Waals surface area contributed by atoms with E-state index < -0.39 is 0 Å². The monoisotopic (exact) mass is 515 g/mol. The molecule has 38 heavy (non-hydrogen) atoms. The van der Waals surface area contributed by atoms with Crippen LogP contribution >= 0.6 is 0 Å².